The highest BCUT2D eigenvalue weighted by molar-refractivity contribution is 6.30. The number of nitrogens with one attached hydrogen (secondary N) is 1. The van der Waals surface area contributed by atoms with E-state index in [1.165, 1.54) is 12.1 Å². The Morgan fingerprint density at radius 3 is 2.47 bits per heavy atom. The van der Waals surface area contributed by atoms with Gasteiger partial charge in [-0.1, -0.05) is 30.9 Å². The lowest BCUT2D eigenvalue weighted by atomic mass is 9.82. The molecule has 2 N–H and O–H groups in total. The van der Waals surface area contributed by atoms with Crippen molar-refractivity contribution < 1.29 is 37.1 Å². The third kappa shape index (κ3) is 5.16. The number of hydrogen-bond acceptors (Lipinski definition) is 3. The highest BCUT2D eigenvalue weighted by atomic mass is 35.5. The number of benzene rings is 1. The van der Waals surface area contributed by atoms with E-state index in [1.807, 2.05) is 5.32 Å². The van der Waals surface area contributed by atoms with Crippen molar-refractivity contribution in [2.24, 2.45) is 11.8 Å². The number of imide groups is 1. The number of carbonyl (C=O) groups is 3. The largest absolute Gasteiger partial charge is 0.480 e. The molecule has 2 fully saturated rings. The van der Waals surface area contributed by atoms with Crippen LogP contribution in [0.4, 0.5) is 22.4 Å². The van der Waals surface area contributed by atoms with Crippen LogP contribution in [0.25, 0.3) is 0 Å². The van der Waals surface area contributed by atoms with Crippen molar-refractivity contribution in [1.82, 2.24) is 10.2 Å². The Labute approximate surface area is 186 Å². The molecule has 2 aliphatic rings. The highest BCUT2D eigenvalue weighted by Gasteiger charge is 2.56. The molecule has 11 heteroatoms. The lowest BCUT2D eigenvalue weighted by Gasteiger charge is -2.44. The first-order valence-corrected chi connectivity index (χ1v) is 10.8. The van der Waals surface area contributed by atoms with E-state index < -0.39 is 53.8 Å². The number of nitrogens with zero attached hydrogens (tertiary/aromatic N) is 1. The summed E-state index contributed by atoms with van der Waals surface area (Å²) < 4.78 is 54.6. The number of alkyl halides is 3. The number of carboxylic acids is 1. The molecule has 1 saturated carbocycles. The van der Waals surface area contributed by atoms with Crippen molar-refractivity contribution in [3.05, 3.63) is 34.6 Å². The second kappa shape index (κ2) is 9.64. The van der Waals surface area contributed by atoms with Crippen LogP contribution in [0.3, 0.4) is 0 Å². The molecular weight excluding hydrogens is 456 g/mol. The molecule has 0 spiro atoms. The number of β-lactam (4-membered cyclic amide) rings is 1. The van der Waals surface area contributed by atoms with E-state index in [0.29, 0.717) is 17.7 Å². The van der Waals surface area contributed by atoms with Crippen molar-refractivity contribution in [1.29, 1.82) is 0 Å². The molecule has 32 heavy (non-hydrogen) atoms. The number of carbonyl (C=O) groups excluding carboxylic acids is 2. The summed E-state index contributed by atoms with van der Waals surface area (Å²) in [5.74, 6) is -4.98. The van der Waals surface area contributed by atoms with Crippen molar-refractivity contribution in [2.45, 2.75) is 63.2 Å². The van der Waals surface area contributed by atoms with Gasteiger partial charge in [0.05, 0.1) is 5.92 Å². The maximum Gasteiger partial charge on any atom is 0.408 e. The SMILES string of the molecule is O=C(O)C1[C@@H](CCc2cc(Cl)ccc2F)C(=O)N1C(=O)NC(C1CCCCC1)C(F)(F)F. The fraction of sp³-hybridized carbons (Fsp3) is 0.571. The summed E-state index contributed by atoms with van der Waals surface area (Å²) in [5.41, 5.74) is 0.173. The van der Waals surface area contributed by atoms with Gasteiger partial charge in [0.15, 0.2) is 6.04 Å². The molecule has 1 aromatic rings. The zero-order chi connectivity index (χ0) is 23.6. The van der Waals surface area contributed by atoms with Crippen molar-refractivity contribution in [2.75, 3.05) is 0 Å². The number of hydrogen-bond donors (Lipinski definition) is 2. The number of halogens is 5. The second-order valence-corrected chi connectivity index (χ2v) is 8.68. The summed E-state index contributed by atoms with van der Waals surface area (Å²) in [7, 11) is 0. The molecule has 0 aromatic heterocycles. The smallest absolute Gasteiger partial charge is 0.408 e. The summed E-state index contributed by atoms with van der Waals surface area (Å²) in [6.07, 6.45) is -2.24. The molecule has 3 rings (SSSR count). The molecule has 3 atom stereocenters. The minimum atomic E-state index is -4.73. The summed E-state index contributed by atoms with van der Waals surface area (Å²) in [5, 5.41) is 11.6. The number of carboxylic acid groups (broad SMARTS) is 1. The molecule has 1 aromatic carbocycles. The average Bonchev–Trinajstić information content (AvgIpc) is 2.72. The first-order valence-electron chi connectivity index (χ1n) is 10.4. The molecule has 6 nitrogen and oxygen atoms in total. The minimum absolute atomic E-state index is 0.0186. The summed E-state index contributed by atoms with van der Waals surface area (Å²) in [4.78, 5) is 37.0. The number of likely N-dealkylation sites (tertiary alicyclic amines) is 1. The standard InChI is InChI=1S/C21H23ClF4N2O4/c22-13-7-9-15(23)12(10-13)6-8-14-16(19(30)31)28(18(14)29)20(32)27-17(21(24,25)26)11-4-2-1-3-5-11/h7,9-11,14,16-17H,1-6,8H2,(H,27,32)(H,30,31)/t14-,16?,17?/m1/s1. The topological polar surface area (TPSA) is 86.7 Å². The summed E-state index contributed by atoms with van der Waals surface area (Å²) in [6, 6.07) is -1.33. The van der Waals surface area contributed by atoms with Gasteiger partial charge in [-0.15, -0.1) is 0 Å². The first kappa shape index (κ1) is 24.3. The Morgan fingerprint density at radius 2 is 1.88 bits per heavy atom. The van der Waals surface area contributed by atoms with Gasteiger partial charge in [-0.2, -0.15) is 13.2 Å². The average molecular weight is 479 g/mol. The summed E-state index contributed by atoms with van der Waals surface area (Å²) in [6.45, 7) is 0. The van der Waals surface area contributed by atoms with Gasteiger partial charge >= 0.3 is 18.2 Å². The molecule has 0 bridgehead atoms. The van der Waals surface area contributed by atoms with Gasteiger partial charge in [-0.05, 0) is 55.4 Å². The van der Waals surface area contributed by atoms with Gasteiger partial charge in [-0.25, -0.2) is 18.9 Å². The molecule has 3 amide bonds. The van der Waals surface area contributed by atoms with Crippen molar-refractivity contribution in [3.8, 4) is 0 Å². The molecule has 1 aliphatic heterocycles. The molecule has 176 valence electrons. The maximum atomic E-state index is 13.9. The van der Waals surface area contributed by atoms with Crippen LogP contribution in [0, 0.1) is 17.7 Å². The van der Waals surface area contributed by atoms with Gasteiger partial charge < -0.3 is 10.4 Å². The van der Waals surface area contributed by atoms with Crippen LogP contribution in [-0.4, -0.2) is 46.2 Å². The van der Waals surface area contributed by atoms with Crippen LogP contribution in [0.2, 0.25) is 5.02 Å². The Hall–Kier alpha value is -2.36. The Morgan fingerprint density at radius 1 is 1.22 bits per heavy atom. The van der Waals surface area contributed by atoms with E-state index in [0.717, 1.165) is 12.5 Å². The van der Waals surface area contributed by atoms with E-state index in [-0.39, 0.29) is 36.3 Å². The lowest BCUT2D eigenvalue weighted by molar-refractivity contribution is -0.173. The van der Waals surface area contributed by atoms with Crippen LogP contribution in [0.5, 0.6) is 0 Å². The first-order chi connectivity index (χ1) is 15.0. The van der Waals surface area contributed by atoms with E-state index >= 15 is 0 Å². The summed E-state index contributed by atoms with van der Waals surface area (Å²) >= 11 is 5.82. The van der Waals surface area contributed by atoms with Gasteiger partial charge in [-0.3, -0.25) is 4.79 Å². The van der Waals surface area contributed by atoms with E-state index in [4.69, 9.17) is 11.6 Å². The zero-order valence-corrected chi connectivity index (χ0v) is 17.8. The molecule has 1 saturated heterocycles. The van der Waals surface area contributed by atoms with Gasteiger partial charge in [0.2, 0.25) is 5.91 Å². The Bertz CT molecular complexity index is 889. The van der Waals surface area contributed by atoms with Crippen LogP contribution in [-0.2, 0) is 16.0 Å². The monoisotopic (exact) mass is 478 g/mol. The quantitative estimate of drug-likeness (QED) is 0.464. The van der Waals surface area contributed by atoms with E-state index in [9.17, 15) is 37.1 Å². The molecule has 1 aliphatic carbocycles. The fourth-order valence-corrected chi connectivity index (χ4v) is 4.72. The van der Waals surface area contributed by atoms with Crippen LogP contribution in [0.15, 0.2) is 18.2 Å². The lowest BCUT2D eigenvalue weighted by Crippen LogP contribution is -2.69. The normalized spacial score (nSPS) is 22.9. The minimum Gasteiger partial charge on any atom is -0.480 e. The zero-order valence-electron chi connectivity index (χ0n) is 17.0. The van der Waals surface area contributed by atoms with Crippen LogP contribution < -0.4 is 5.32 Å². The van der Waals surface area contributed by atoms with Crippen molar-refractivity contribution >= 4 is 29.5 Å². The number of aliphatic carboxylic acids is 1. The van der Waals surface area contributed by atoms with E-state index in [2.05, 4.69) is 0 Å². The molecule has 1 heterocycles. The maximum absolute atomic E-state index is 13.9. The van der Waals surface area contributed by atoms with Crippen LogP contribution in [0.1, 0.15) is 44.1 Å². The van der Waals surface area contributed by atoms with E-state index in [1.54, 1.807) is 0 Å². The molecular formula is C21H23ClF4N2O4. The van der Waals surface area contributed by atoms with Crippen molar-refractivity contribution in [3.63, 3.8) is 0 Å². The third-order valence-electron chi connectivity index (χ3n) is 6.17. The molecule has 0 radical (unpaired) electrons. The predicted molar refractivity (Wildman–Crippen MR) is 106 cm³/mol. The number of rotatable bonds is 6. The van der Waals surface area contributed by atoms with Gasteiger partial charge in [0, 0.05) is 5.02 Å². The predicted octanol–water partition coefficient (Wildman–Crippen LogP) is 4.54. The van der Waals surface area contributed by atoms with Crippen LogP contribution >= 0.6 is 11.6 Å². The Kier molecular flexibility index (Phi) is 7.32. The number of amides is 3. The van der Waals surface area contributed by atoms with Gasteiger partial charge in [0.25, 0.3) is 0 Å². The second-order valence-electron chi connectivity index (χ2n) is 8.24. The van der Waals surface area contributed by atoms with Gasteiger partial charge in [0.1, 0.15) is 11.9 Å². The number of urea groups is 1. The Balaban J connectivity index is 1.70. The molecule has 2 unspecified atom stereocenters. The fourth-order valence-electron chi connectivity index (χ4n) is 4.52. The third-order valence-corrected chi connectivity index (χ3v) is 6.41. The number of aryl methyl sites for hydroxylation is 1. The highest BCUT2D eigenvalue weighted by Crippen LogP contribution is 2.36.